The van der Waals surface area contributed by atoms with E-state index >= 15 is 0 Å². The molecule has 3 aromatic rings. The van der Waals surface area contributed by atoms with Gasteiger partial charge in [0.25, 0.3) is 0 Å². The van der Waals surface area contributed by atoms with Crippen LogP contribution in [0.2, 0.25) is 0 Å². The minimum absolute atomic E-state index is 0.380. The molecule has 0 aliphatic heterocycles. The molecule has 0 aliphatic rings. The number of benzene rings is 3. The number of esters is 1. The SMILES string of the molecule is COc1ccc(C(=O)O[C@H](c2ccc(Br)cc2)[C@@H](O)c2ccc(Br)cc2)cc1. The summed E-state index contributed by atoms with van der Waals surface area (Å²) in [5.41, 5.74) is 1.73. The summed E-state index contributed by atoms with van der Waals surface area (Å²) in [7, 11) is 1.56. The van der Waals surface area contributed by atoms with E-state index in [4.69, 9.17) is 9.47 Å². The van der Waals surface area contributed by atoms with Gasteiger partial charge in [-0.15, -0.1) is 0 Å². The zero-order valence-corrected chi connectivity index (χ0v) is 18.2. The number of aliphatic hydroxyl groups excluding tert-OH is 1. The van der Waals surface area contributed by atoms with Crippen molar-refractivity contribution in [3.05, 3.63) is 98.4 Å². The van der Waals surface area contributed by atoms with Crippen molar-refractivity contribution in [3.63, 3.8) is 0 Å². The minimum atomic E-state index is -1.02. The van der Waals surface area contributed by atoms with Gasteiger partial charge in [-0.1, -0.05) is 56.1 Å². The maximum Gasteiger partial charge on any atom is 0.338 e. The van der Waals surface area contributed by atoms with Crippen LogP contribution in [0, 0.1) is 0 Å². The Morgan fingerprint density at radius 2 is 1.32 bits per heavy atom. The van der Waals surface area contributed by atoms with Crippen molar-refractivity contribution in [2.75, 3.05) is 7.11 Å². The third kappa shape index (κ3) is 5.01. The lowest BCUT2D eigenvalue weighted by Gasteiger charge is -2.24. The van der Waals surface area contributed by atoms with Gasteiger partial charge in [-0.05, 0) is 59.7 Å². The van der Waals surface area contributed by atoms with Gasteiger partial charge in [-0.2, -0.15) is 0 Å². The van der Waals surface area contributed by atoms with E-state index in [0.29, 0.717) is 22.4 Å². The Hall–Kier alpha value is -2.15. The van der Waals surface area contributed by atoms with Crippen LogP contribution in [-0.2, 0) is 4.74 Å². The second-order valence-electron chi connectivity index (χ2n) is 6.10. The monoisotopic (exact) mass is 504 g/mol. The van der Waals surface area contributed by atoms with Crippen LogP contribution >= 0.6 is 31.9 Å². The van der Waals surface area contributed by atoms with Gasteiger partial charge < -0.3 is 14.6 Å². The zero-order chi connectivity index (χ0) is 20.1. The summed E-state index contributed by atoms with van der Waals surface area (Å²) in [6.07, 6.45) is -1.87. The number of aliphatic hydroxyl groups is 1. The van der Waals surface area contributed by atoms with E-state index in [9.17, 15) is 9.90 Å². The first-order valence-electron chi connectivity index (χ1n) is 8.52. The highest BCUT2D eigenvalue weighted by Crippen LogP contribution is 2.34. The largest absolute Gasteiger partial charge is 0.497 e. The second kappa shape index (κ2) is 9.37. The molecule has 4 nitrogen and oxygen atoms in total. The molecule has 0 unspecified atom stereocenters. The molecule has 0 bridgehead atoms. The molecule has 0 saturated heterocycles. The standard InChI is InChI=1S/C22H18Br2O4/c1-27-19-12-6-16(7-13-19)22(26)28-21(15-4-10-18(24)11-5-15)20(25)14-2-8-17(23)9-3-14/h2-13,20-21,25H,1H3/t20-,21+/m0/s1. The third-order valence-electron chi connectivity index (χ3n) is 4.26. The van der Waals surface area contributed by atoms with Crippen LogP contribution in [0.3, 0.4) is 0 Å². The lowest BCUT2D eigenvalue weighted by molar-refractivity contribution is -0.0209. The van der Waals surface area contributed by atoms with Crippen molar-refractivity contribution < 1.29 is 19.4 Å². The smallest absolute Gasteiger partial charge is 0.338 e. The van der Waals surface area contributed by atoms with Crippen molar-refractivity contribution in [1.82, 2.24) is 0 Å². The van der Waals surface area contributed by atoms with Gasteiger partial charge in [-0.3, -0.25) is 0 Å². The molecule has 0 aliphatic carbocycles. The predicted molar refractivity (Wildman–Crippen MR) is 114 cm³/mol. The molecule has 0 heterocycles. The molecule has 6 heteroatoms. The average Bonchev–Trinajstić information content (AvgIpc) is 2.73. The van der Waals surface area contributed by atoms with Crippen molar-refractivity contribution in [1.29, 1.82) is 0 Å². The molecule has 0 spiro atoms. The molecular formula is C22H18Br2O4. The summed E-state index contributed by atoms with van der Waals surface area (Å²) in [6, 6.07) is 21.2. The highest BCUT2D eigenvalue weighted by molar-refractivity contribution is 9.10. The number of hydrogen-bond acceptors (Lipinski definition) is 4. The van der Waals surface area contributed by atoms with Crippen LogP contribution in [0.15, 0.2) is 81.7 Å². The fourth-order valence-corrected chi connectivity index (χ4v) is 3.24. The van der Waals surface area contributed by atoms with E-state index < -0.39 is 18.2 Å². The van der Waals surface area contributed by atoms with Crippen molar-refractivity contribution >= 4 is 37.8 Å². The number of methoxy groups -OCH3 is 1. The van der Waals surface area contributed by atoms with E-state index in [1.165, 1.54) is 0 Å². The average molecular weight is 506 g/mol. The Labute approximate surface area is 180 Å². The number of hydrogen-bond donors (Lipinski definition) is 1. The Morgan fingerprint density at radius 1 is 0.821 bits per heavy atom. The topological polar surface area (TPSA) is 55.8 Å². The van der Waals surface area contributed by atoms with Gasteiger partial charge in [0.2, 0.25) is 0 Å². The van der Waals surface area contributed by atoms with Gasteiger partial charge in [-0.25, -0.2) is 4.79 Å². The Bertz CT molecular complexity index is 922. The van der Waals surface area contributed by atoms with Crippen molar-refractivity contribution in [2.45, 2.75) is 12.2 Å². The molecule has 0 aromatic heterocycles. The molecule has 3 aromatic carbocycles. The second-order valence-corrected chi connectivity index (χ2v) is 7.93. The quantitative estimate of drug-likeness (QED) is 0.427. The van der Waals surface area contributed by atoms with Gasteiger partial charge in [0.1, 0.15) is 11.9 Å². The normalized spacial score (nSPS) is 12.9. The highest BCUT2D eigenvalue weighted by Gasteiger charge is 2.27. The fraction of sp³-hybridized carbons (Fsp3) is 0.136. The lowest BCUT2D eigenvalue weighted by Crippen LogP contribution is -2.18. The summed E-state index contributed by atoms with van der Waals surface area (Å²) in [5, 5.41) is 10.9. The molecule has 1 N–H and O–H groups in total. The minimum Gasteiger partial charge on any atom is -0.497 e. The summed E-state index contributed by atoms with van der Waals surface area (Å²) in [4.78, 5) is 12.7. The molecule has 0 saturated carbocycles. The van der Waals surface area contributed by atoms with Gasteiger partial charge in [0.05, 0.1) is 12.7 Å². The summed E-state index contributed by atoms with van der Waals surface area (Å²) in [5.74, 6) is 0.127. The molecule has 0 amide bonds. The van der Waals surface area contributed by atoms with Crippen LogP contribution in [0.25, 0.3) is 0 Å². The maximum absolute atomic E-state index is 12.7. The van der Waals surface area contributed by atoms with Gasteiger partial charge >= 0.3 is 5.97 Å². The van der Waals surface area contributed by atoms with Crippen LogP contribution < -0.4 is 4.74 Å². The lowest BCUT2D eigenvalue weighted by atomic mass is 9.98. The Kier molecular flexibility index (Phi) is 6.88. The summed E-state index contributed by atoms with van der Waals surface area (Å²) in [6.45, 7) is 0. The first-order chi connectivity index (χ1) is 13.5. The fourth-order valence-electron chi connectivity index (χ4n) is 2.71. The van der Waals surface area contributed by atoms with Crippen LogP contribution in [0.1, 0.15) is 33.7 Å². The first kappa shape index (κ1) is 20.6. The molecule has 28 heavy (non-hydrogen) atoms. The van der Waals surface area contributed by atoms with Crippen molar-refractivity contribution in [3.8, 4) is 5.75 Å². The maximum atomic E-state index is 12.7. The number of halogens is 2. The Balaban J connectivity index is 1.89. The summed E-state index contributed by atoms with van der Waals surface area (Å²) >= 11 is 6.78. The summed E-state index contributed by atoms with van der Waals surface area (Å²) < 4.78 is 12.6. The highest BCUT2D eigenvalue weighted by atomic mass is 79.9. The van der Waals surface area contributed by atoms with E-state index in [1.54, 1.807) is 43.5 Å². The van der Waals surface area contributed by atoms with Gasteiger partial charge in [0, 0.05) is 8.95 Å². The Morgan fingerprint density at radius 3 is 1.82 bits per heavy atom. The molecular weight excluding hydrogens is 488 g/mol. The third-order valence-corrected chi connectivity index (χ3v) is 5.31. The molecule has 144 valence electrons. The van der Waals surface area contributed by atoms with Crippen LogP contribution in [0.4, 0.5) is 0 Å². The number of rotatable bonds is 6. The van der Waals surface area contributed by atoms with Crippen molar-refractivity contribution in [2.24, 2.45) is 0 Å². The van der Waals surface area contributed by atoms with Gasteiger partial charge in [0.15, 0.2) is 6.10 Å². The number of carbonyl (C=O) groups is 1. The van der Waals surface area contributed by atoms with E-state index in [1.807, 2.05) is 36.4 Å². The van der Waals surface area contributed by atoms with E-state index in [2.05, 4.69) is 31.9 Å². The molecule has 0 fully saturated rings. The molecule has 3 rings (SSSR count). The molecule has 2 atom stereocenters. The van der Waals surface area contributed by atoms with Crippen LogP contribution in [-0.4, -0.2) is 18.2 Å². The van der Waals surface area contributed by atoms with Crippen LogP contribution in [0.5, 0.6) is 5.75 Å². The number of carbonyl (C=O) groups excluding carboxylic acids is 1. The number of ether oxygens (including phenoxy) is 2. The molecule has 0 radical (unpaired) electrons. The van der Waals surface area contributed by atoms with E-state index in [-0.39, 0.29) is 0 Å². The predicted octanol–water partition coefficient (Wildman–Crippen LogP) is 5.85. The first-order valence-corrected chi connectivity index (χ1v) is 10.1. The zero-order valence-electron chi connectivity index (χ0n) is 15.0. The van der Waals surface area contributed by atoms with E-state index in [0.717, 1.165) is 8.95 Å².